The van der Waals surface area contributed by atoms with Crippen LogP contribution in [-0.2, 0) is 6.54 Å². The van der Waals surface area contributed by atoms with E-state index in [9.17, 15) is 9.50 Å². The van der Waals surface area contributed by atoms with Crippen molar-refractivity contribution in [2.75, 3.05) is 26.7 Å². The number of hydrogen-bond acceptors (Lipinski definition) is 4. The van der Waals surface area contributed by atoms with E-state index in [4.69, 9.17) is 0 Å². The zero-order chi connectivity index (χ0) is 16.9. The van der Waals surface area contributed by atoms with Crippen molar-refractivity contribution in [1.29, 1.82) is 0 Å². The van der Waals surface area contributed by atoms with Gasteiger partial charge in [0.1, 0.15) is 5.82 Å². The number of rotatable bonds is 6. The van der Waals surface area contributed by atoms with E-state index in [1.165, 1.54) is 12.1 Å². The number of likely N-dealkylation sites (N-methyl/N-ethyl adjacent to an activating group) is 1. The summed E-state index contributed by atoms with van der Waals surface area (Å²) in [5.74, 6) is 0.122. The van der Waals surface area contributed by atoms with Crippen LogP contribution in [0.1, 0.15) is 18.4 Å². The number of nitrogens with zero attached hydrogens (tertiary/aromatic N) is 2. The first-order chi connectivity index (χ1) is 11.6. The molecule has 1 fully saturated rings. The SMILES string of the molecule is CN(Cc1cn[nH]c1-c1ccc(F)cc1)CC(O)C1CCNCC1.Cl.Cl. The number of hydrogen-bond donors (Lipinski definition) is 3. The number of piperidine rings is 1. The van der Waals surface area contributed by atoms with Crippen LogP contribution in [0.15, 0.2) is 30.5 Å². The average molecular weight is 405 g/mol. The summed E-state index contributed by atoms with van der Waals surface area (Å²) in [4.78, 5) is 2.12. The van der Waals surface area contributed by atoms with Gasteiger partial charge in [-0.25, -0.2) is 4.39 Å². The number of aliphatic hydroxyl groups excluding tert-OH is 1. The molecule has 0 aliphatic carbocycles. The van der Waals surface area contributed by atoms with E-state index in [-0.39, 0.29) is 36.7 Å². The lowest BCUT2D eigenvalue weighted by Crippen LogP contribution is -2.39. The van der Waals surface area contributed by atoms with Gasteiger partial charge in [0.2, 0.25) is 0 Å². The highest BCUT2D eigenvalue weighted by atomic mass is 35.5. The standard InChI is InChI=1S/C18H25FN4O.2ClH/c1-23(12-17(24)13-6-8-20-9-7-13)11-15-10-21-22-18(15)14-2-4-16(19)5-3-14;;/h2-5,10,13,17,20,24H,6-9,11-12H2,1H3,(H,21,22);2*1H. The molecule has 1 unspecified atom stereocenters. The molecular weight excluding hydrogens is 378 g/mol. The van der Waals surface area contributed by atoms with E-state index >= 15 is 0 Å². The van der Waals surface area contributed by atoms with Gasteiger partial charge in [-0.05, 0) is 63.2 Å². The van der Waals surface area contributed by atoms with Gasteiger partial charge in [0.15, 0.2) is 0 Å². The molecule has 0 spiro atoms. The molecule has 1 aliphatic heterocycles. The number of nitrogens with one attached hydrogen (secondary N) is 2. The molecule has 0 radical (unpaired) electrons. The fourth-order valence-electron chi connectivity index (χ4n) is 3.35. The van der Waals surface area contributed by atoms with E-state index in [0.29, 0.717) is 19.0 Å². The maximum Gasteiger partial charge on any atom is 0.123 e. The Labute approximate surface area is 166 Å². The first-order valence-electron chi connectivity index (χ1n) is 8.49. The van der Waals surface area contributed by atoms with Crippen LogP contribution in [0.25, 0.3) is 11.3 Å². The molecule has 3 rings (SSSR count). The number of aliphatic hydroxyl groups is 1. The topological polar surface area (TPSA) is 64.2 Å². The highest BCUT2D eigenvalue weighted by Crippen LogP contribution is 2.23. The molecule has 0 saturated carbocycles. The molecule has 0 amide bonds. The van der Waals surface area contributed by atoms with E-state index in [1.807, 2.05) is 7.05 Å². The minimum atomic E-state index is -0.307. The lowest BCUT2D eigenvalue weighted by Gasteiger charge is -2.30. The summed E-state index contributed by atoms with van der Waals surface area (Å²) in [6.45, 7) is 3.30. The zero-order valence-corrected chi connectivity index (χ0v) is 16.5. The highest BCUT2D eigenvalue weighted by Gasteiger charge is 2.23. The van der Waals surface area contributed by atoms with Crippen LogP contribution in [-0.4, -0.2) is 53.0 Å². The largest absolute Gasteiger partial charge is 0.392 e. The van der Waals surface area contributed by atoms with E-state index in [1.54, 1.807) is 18.3 Å². The monoisotopic (exact) mass is 404 g/mol. The Morgan fingerprint density at radius 1 is 1.23 bits per heavy atom. The summed E-state index contributed by atoms with van der Waals surface area (Å²) in [7, 11) is 2.01. The van der Waals surface area contributed by atoms with Crippen molar-refractivity contribution in [3.8, 4) is 11.3 Å². The van der Waals surface area contributed by atoms with Crippen molar-refractivity contribution in [3.63, 3.8) is 0 Å². The van der Waals surface area contributed by atoms with Crippen molar-refractivity contribution in [2.45, 2.75) is 25.5 Å². The fourth-order valence-corrected chi connectivity index (χ4v) is 3.35. The molecule has 8 heteroatoms. The third kappa shape index (κ3) is 5.93. The maximum absolute atomic E-state index is 13.1. The van der Waals surface area contributed by atoms with Gasteiger partial charge in [-0.15, -0.1) is 24.8 Å². The van der Waals surface area contributed by atoms with Crippen molar-refractivity contribution < 1.29 is 9.50 Å². The highest BCUT2D eigenvalue weighted by molar-refractivity contribution is 5.85. The van der Waals surface area contributed by atoms with E-state index in [0.717, 1.165) is 42.8 Å². The van der Waals surface area contributed by atoms with Crippen molar-refractivity contribution in [3.05, 3.63) is 41.8 Å². The molecule has 2 aromatic rings. The predicted molar refractivity (Wildman–Crippen MR) is 106 cm³/mol. The van der Waals surface area contributed by atoms with Crippen molar-refractivity contribution in [1.82, 2.24) is 20.4 Å². The van der Waals surface area contributed by atoms with Crippen LogP contribution >= 0.6 is 24.8 Å². The molecule has 1 saturated heterocycles. The Morgan fingerprint density at radius 3 is 2.54 bits per heavy atom. The molecular formula is C18H27Cl2FN4O. The molecule has 5 nitrogen and oxygen atoms in total. The van der Waals surface area contributed by atoms with Gasteiger partial charge < -0.3 is 10.4 Å². The van der Waals surface area contributed by atoms with Gasteiger partial charge in [-0.2, -0.15) is 5.10 Å². The van der Waals surface area contributed by atoms with Gasteiger partial charge in [-0.3, -0.25) is 10.00 Å². The summed E-state index contributed by atoms with van der Waals surface area (Å²) >= 11 is 0. The molecule has 1 aliphatic rings. The summed E-state index contributed by atoms with van der Waals surface area (Å²) < 4.78 is 13.1. The Morgan fingerprint density at radius 2 is 1.88 bits per heavy atom. The average Bonchev–Trinajstić information content (AvgIpc) is 3.04. The van der Waals surface area contributed by atoms with Crippen molar-refractivity contribution >= 4 is 24.8 Å². The lowest BCUT2D eigenvalue weighted by atomic mass is 9.92. The second-order valence-electron chi connectivity index (χ2n) is 6.63. The summed E-state index contributed by atoms with van der Waals surface area (Å²) in [5.41, 5.74) is 2.86. The molecule has 26 heavy (non-hydrogen) atoms. The number of halogens is 3. The van der Waals surface area contributed by atoms with Crippen LogP contribution < -0.4 is 5.32 Å². The smallest absolute Gasteiger partial charge is 0.123 e. The fraction of sp³-hybridized carbons (Fsp3) is 0.500. The van der Waals surface area contributed by atoms with Crippen LogP contribution in [0, 0.1) is 11.7 Å². The normalized spacial score (nSPS) is 16.0. The Hall–Kier alpha value is -1.18. The van der Waals surface area contributed by atoms with Gasteiger partial charge in [0.05, 0.1) is 18.0 Å². The Kier molecular flexibility index (Phi) is 9.54. The Bertz CT molecular complexity index is 647. The minimum absolute atomic E-state index is 0. The predicted octanol–water partition coefficient (Wildman–Crippen LogP) is 2.85. The second-order valence-corrected chi connectivity index (χ2v) is 6.63. The summed E-state index contributed by atoms with van der Waals surface area (Å²) in [6.07, 6.45) is 3.55. The number of aromatic nitrogens is 2. The summed E-state index contributed by atoms with van der Waals surface area (Å²) in [5, 5.41) is 20.9. The molecule has 1 aromatic carbocycles. The first kappa shape index (κ1) is 22.9. The Balaban J connectivity index is 0.00000169. The van der Waals surface area contributed by atoms with Gasteiger partial charge >= 0.3 is 0 Å². The number of benzene rings is 1. The van der Waals surface area contributed by atoms with Gasteiger partial charge in [0, 0.05) is 24.2 Å². The quantitative estimate of drug-likeness (QED) is 0.692. The van der Waals surface area contributed by atoms with Crippen molar-refractivity contribution in [2.24, 2.45) is 5.92 Å². The number of aromatic amines is 1. The van der Waals surface area contributed by atoms with E-state index in [2.05, 4.69) is 20.4 Å². The van der Waals surface area contributed by atoms with E-state index < -0.39 is 0 Å². The van der Waals surface area contributed by atoms with Crippen LogP contribution in [0.5, 0.6) is 0 Å². The second kappa shape index (κ2) is 10.8. The molecule has 3 N–H and O–H groups in total. The van der Waals surface area contributed by atoms with Gasteiger partial charge in [0.25, 0.3) is 0 Å². The molecule has 1 aromatic heterocycles. The van der Waals surface area contributed by atoms with Gasteiger partial charge in [-0.1, -0.05) is 0 Å². The summed E-state index contributed by atoms with van der Waals surface area (Å²) in [6, 6.07) is 6.39. The van der Waals surface area contributed by atoms with Crippen LogP contribution in [0.2, 0.25) is 0 Å². The lowest BCUT2D eigenvalue weighted by molar-refractivity contribution is 0.0562. The first-order valence-corrected chi connectivity index (χ1v) is 8.49. The minimum Gasteiger partial charge on any atom is -0.392 e. The van der Waals surface area contributed by atoms with Crippen LogP contribution in [0.3, 0.4) is 0 Å². The third-order valence-corrected chi connectivity index (χ3v) is 4.72. The molecule has 1 atom stereocenters. The third-order valence-electron chi connectivity index (χ3n) is 4.72. The van der Waals surface area contributed by atoms with Crippen LogP contribution in [0.4, 0.5) is 4.39 Å². The molecule has 0 bridgehead atoms. The zero-order valence-electron chi connectivity index (χ0n) is 14.8. The molecule has 2 heterocycles. The molecule has 146 valence electrons. The maximum atomic E-state index is 13.1. The number of H-pyrrole nitrogens is 1.